The smallest absolute Gasteiger partial charge is 0.330 e. The average Bonchev–Trinajstić information content (AvgIpc) is 2.53. The second kappa shape index (κ2) is 7.47. The lowest BCUT2D eigenvalue weighted by Gasteiger charge is -2.09. The first-order chi connectivity index (χ1) is 10.6. The fraction of sp³-hybridized carbons (Fsp3) is 0.125. The van der Waals surface area contributed by atoms with E-state index in [-0.39, 0.29) is 6.54 Å². The molecule has 0 radical (unpaired) electrons. The van der Waals surface area contributed by atoms with Gasteiger partial charge in [0.05, 0.1) is 17.7 Å². The second-order valence-corrected chi connectivity index (χ2v) is 4.69. The van der Waals surface area contributed by atoms with Gasteiger partial charge in [0.1, 0.15) is 6.54 Å². The van der Waals surface area contributed by atoms with Gasteiger partial charge in [-0.1, -0.05) is 35.9 Å². The van der Waals surface area contributed by atoms with Crippen LogP contribution in [-0.2, 0) is 4.79 Å². The zero-order chi connectivity index (χ0) is 15.9. The Hall–Kier alpha value is -2.53. The molecule has 22 heavy (non-hydrogen) atoms. The number of carbonyl (C=O) groups excluding carboxylic acids is 2. The number of carbonyl (C=O) groups is 2. The molecule has 2 rings (SSSR count). The van der Waals surface area contributed by atoms with Crippen LogP contribution >= 0.6 is 11.6 Å². The van der Waals surface area contributed by atoms with E-state index in [1.807, 2.05) is 0 Å². The molecule has 0 aliphatic carbocycles. The van der Waals surface area contributed by atoms with E-state index in [2.05, 4.69) is 5.32 Å². The molecule has 6 heteroatoms. The number of hydrogen-bond donors (Lipinski definition) is 1. The van der Waals surface area contributed by atoms with Crippen LogP contribution in [0.2, 0.25) is 5.02 Å². The van der Waals surface area contributed by atoms with Crippen molar-refractivity contribution in [3.63, 3.8) is 0 Å². The molecule has 1 N–H and O–H groups in total. The Morgan fingerprint density at radius 2 is 1.68 bits per heavy atom. The molecule has 0 atom stereocenters. The molecule has 0 saturated heterocycles. The van der Waals surface area contributed by atoms with Crippen LogP contribution in [0.25, 0.3) is 0 Å². The largest absolute Gasteiger partial charge is 0.493 e. The number of ether oxygens (including phenoxy) is 2. The summed E-state index contributed by atoms with van der Waals surface area (Å²) in [6.45, 7) is -0.276. The first kappa shape index (κ1) is 15.9. The predicted octanol–water partition coefficient (Wildman–Crippen LogP) is 2.68. The molecule has 0 bridgehead atoms. The van der Waals surface area contributed by atoms with E-state index in [0.29, 0.717) is 22.1 Å². The number of amides is 1. The molecular formula is C16H14ClNO4. The van der Waals surface area contributed by atoms with Gasteiger partial charge >= 0.3 is 5.97 Å². The number of benzene rings is 2. The first-order valence-corrected chi connectivity index (χ1v) is 6.86. The van der Waals surface area contributed by atoms with Gasteiger partial charge in [0.2, 0.25) is 0 Å². The maximum atomic E-state index is 11.9. The molecule has 0 fully saturated rings. The summed E-state index contributed by atoms with van der Waals surface area (Å²) in [5.41, 5.74) is 0.300. The fourth-order valence-electron chi connectivity index (χ4n) is 1.75. The van der Waals surface area contributed by atoms with Crippen LogP contribution in [0.15, 0.2) is 48.5 Å². The summed E-state index contributed by atoms with van der Waals surface area (Å²) in [5, 5.41) is 2.78. The van der Waals surface area contributed by atoms with Gasteiger partial charge in [-0.3, -0.25) is 4.79 Å². The van der Waals surface area contributed by atoms with E-state index in [4.69, 9.17) is 21.1 Å². The third-order valence-corrected chi connectivity index (χ3v) is 3.13. The summed E-state index contributed by atoms with van der Waals surface area (Å²) in [6.07, 6.45) is 0. The molecule has 0 aromatic heterocycles. The molecular weight excluding hydrogens is 306 g/mol. The monoisotopic (exact) mass is 319 g/mol. The van der Waals surface area contributed by atoms with Crippen LogP contribution in [0.1, 0.15) is 10.4 Å². The minimum absolute atomic E-state index is 0.276. The van der Waals surface area contributed by atoms with Crippen molar-refractivity contribution in [1.82, 2.24) is 5.32 Å². The maximum Gasteiger partial charge on any atom is 0.330 e. The molecule has 0 aliphatic heterocycles. The van der Waals surface area contributed by atoms with Crippen molar-refractivity contribution in [2.24, 2.45) is 0 Å². The topological polar surface area (TPSA) is 64.6 Å². The summed E-state index contributed by atoms with van der Waals surface area (Å²) in [6, 6.07) is 13.3. The number of rotatable bonds is 5. The number of esters is 1. The highest BCUT2D eigenvalue weighted by Crippen LogP contribution is 2.25. The highest BCUT2D eigenvalue weighted by Gasteiger charge is 2.13. The van der Waals surface area contributed by atoms with Gasteiger partial charge < -0.3 is 14.8 Å². The Kier molecular flexibility index (Phi) is 5.38. The van der Waals surface area contributed by atoms with Crippen molar-refractivity contribution in [1.29, 1.82) is 0 Å². The molecule has 114 valence electrons. The van der Waals surface area contributed by atoms with Crippen molar-refractivity contribution in [2.45, 2.75) is 0 Å². The minimum Gasteiger partial charge on any atom is -0.493 e. The molecule has 0 unspecified atom stereocenters. The van der Waals surface area contributed by atoms with Gasteiger partial charge in [0.15, 0.2) is 11.5 Å². The van der Waals surface area contributed by atoms with Crippen LogP contribution in [-0.4, -0.2) is 25.5 Å². The first-order valence-electron chi connectivity index (χ1n) is 6.48. The summed E-state index contributed by atoms with van der Waals surface area (Å²) >= 11 is 5.91. The molecule has 0 saturated carbocycles. The minimum atomic E-state index is -0.607. The van der Waals surface area contributed by atoms with Crippen LogP contribution in [0, 0.1) is 0 Å². The molecule has 1 amide bonds. The summed E-state index contributed by atoms with van der Waals surface area (Å²) in [7, 11) is 1.48. The van der Waals surface area contributed by atoms with Gasteiger partial charge in [0.25, 0.3) is 5.91 Å². The van der Waals surface area contributed by atoms with E-state index >= 15 is 0 Å². The van der Waals surface area contributed by atoms with Crippen LogP contribution in [0.4, 0.5) is 0 Å². The number of halogens is 1. The standard InChI is InChI=1S/C16H14ClNO4/c1-21-13-8-4-5-9-14(13)22-15(19)10-18-16(20)11-6-2-3-7-12(11)17/h2-9H,10H2,1H3,(H,18,20). The zero-order valence-electron chi connectivity index (χ0n) is 11.8. The van der Waals surface area contributed by atoms with E-state index in [1.54, 1.807) is 48.5 Å². The Bertz CT molecular complexity index is 687. The van der Waals surface area contributed by atoms with Crippen molar-refractivity contribution in [2.75, 3.05) is 13.7 Å². The quantitative estimate of drug-likeness (QED) is 0.680. The number of methoxy groups -OCH3 is 1. The molecule has 0 heterocycles. The zero-order valence-corrected chi connectivity index (χ0v) is 12.6. The van der Waals surface area contributed by atoms with Crippen molar-refractivity contribution in [3.05, 3.63) is 59.1 Å². The summed E-state index contributed by atoms with van der Waals surface area (Å²) < 4.78 is 10.2. The number of nitrogens with one attached hydrogen (secondary N) is 1. The summed E-state index contributed by atoms with van der Waals surface area (Å²) in [5.74, 6) is -0.317. The van der Waals surface area contributed by atoms with Gasteiger partial charge in [-0.05, 0) is 24.3 Å². The Morgan fingerprint density at radius 3 is 2.36 bits per heavy atom. The number of hydrogen-bond acceptors (Lipinski definition) is 4. The lowest BCUT2D eigenvalue weighted by atomic mass is 10.2. The molecule has 5 nitrogen and oxygen atoms in total. The van der Waals surface area contributed by atoms with Crippen LogP contribution in [0.5, 0.6) is 11.5 Å². The van der Waals surface area contributed by atoms with Crippen LogP contribution < -0.4 is 14.8 Å². The van der Waals surface area contributed by atoms with Gasteiger partial charge in [-0.2, -0.15) is 0 Å². The van der Waals surface area contributed by atoms with Gasteiger partial charge in [-0.25, -0.2) is 4.79 Å². The lowest BCUT2D eigenvalue weighted by Crippen LogP contribution is -2.32. The highest BCUT2D eigenvalue weighted by atomic mass is 35.5. The molecule has 2 aromatic carbocycles. The van der Waals surface area contributed by atoms with Crippen LogP contribution in [0.3, 0.4) is 0 Å². The van der Waals surface area contributed by atoms with E-state index in [0.717, 1.165) is 0 Å². The van der Waals surface area contributed by atoms with E-state index < -0.39 is 11.9 Å². The SMILES string of the molecule is COc1ccccc1OC(=O)CNC(=O)c1ccccc1Cl. The Balaban J connectivity index is 1.93. The van der Waals surface area contributed by atoms with Crippen molar-refractivity contribution < 1.29 is 19.1 Å². The highest BCUT2D eigenvalue weighted by molar-refractivity contribution is 6.33. The number of para-hydroxylation sites is 2. The molecule has 2 aromatic rings. The van der Waals surface area contributed by atoms with Gasteiger partial charge in [-0.15, -0.1) is 0 Å². The van der Waals surface area contributed by atoms with E-state index in [9.17, 15) is 9.59 Å². The van der Waals surface area contributed by atoms with E-state index in [1.165, 1.54) is 7.11 Å². The third kappa shape index (κ3) is 3.99. The lowest BCUT2D eigenvalue weighted by molar-refractivity contribution is -0.133. The fourth-order valence-corrected chi connectivity index (χ4v) is 1.98. The predicted molar refractivity (Wildman–Crippen MR) is 82.4 cm³/mol. The molecule has 0 aliphatic rings. The maximum absolute atomic E-state index is 11.9. The Morgan fingerprint density at radius 1 is 1.05 bits per heavy atom. The van der Waals surface area contributed by atoms with Crippen molar-refractivity contribution >= 4 is 23.5 Å². The van der Waals surface area contributed by atoms with Gasteiger partial charge in [0, 0.05) is 0 Å². The second-order valence-electron chi connectivity index (χ2n) is 4.29. The van der Waals surface area contributed by atoms with Crippen molar-refractivity contribution in [3.8, 4) is 11.5 Å². The Labute approximate surface area is 132 Å². The average molecular weight is 320 g/mol. The summed E-state index contributed by atoms with van der Waals surface area (Å²) in [4.78, 5) is 23.7. The molecule has 0 spiro atoms. The third-order valence-electron chi connectivity index (χ3n) is 2.80. The normalized spacial score (nSPS) is 9.91.